The number of anilines is 1. The van der Waals surface area contributed by atoms with E-state index in [1.165, 1.54) is 4.90 Å². The number of carbonyl (C=O) groups is 2. The Morgan fingerprint density at radius 3 is 2.31 bits per heavy atom. The van der Waals surface area contributed by atoms with E-state index >= 15 is 0 Å². The van der Waals surface area contributed by atoms with Crippen molar-refractivity contribution in [2.75, 3.05) is 44.2 Å². The van der Waals surface area contributed by atoms with Gasteiger partial charge in [-0.05, 0) is 36.4 Å². The number of piperazine rings is 1. The minimum atomic E-state index is -0.353. The third-order valence-electron chi connectivity index (χ3n) is 5.47. The summed E-state index contributed by atoms with van der Waals surface area (Å²) in [6, 6.07) is 16.7. The van der Waals surface area contributed by atoms with Gasteiger partial charge >= 0.3 is 0 Å². The Labute approximate surface area is 179 Å². The van der Waals surface area contributed by atoms with E-state index in [0.29, 0.717) is 12.3 Å². The second-order valence-electron chi connectivity index (χ2n) is 7.30. The van der Waals surface area contributed by atoms with Crippen molar-refractivity contribution >= 4 is 33.4 Å². The first-order chi connectivity index (χ1) is 14.1. The molecule has 4 rings (SSSR count). The zero-order valence-electron chi connectivity index (χ0n) is 16.2. The minimum absolute atomic E-state index is 0.113. The summed E-state index contributed by atoms with van der Waals surface area (Å²) < 4.78 is 6.69. The molecule has 6 nitrogen and oxygen atoms in total. The zero-order chi connectivity index (χ0) is 20.2. The number of halogens is 1. The van der Waals surface area contributed by atoms with E-state index in [4.69, 9.17) is 4.74 Å². The predicted octanol–water partition coefficient (Wildman–Crippen LogP) is 2.78. The topological polar surface area (TPSA) is 53.1 Å². The molecule has 0 aliphatic carbocycles. The van der Waals surface area contributed by atoms with E-state index in [0.717, 1.165) is 42.9 Å². The molecule has 7 heteroatoms. The molecule has 2 aliphatic rings. The lowest BCUT2D eigenvalue weighted by molar-refractivity contribution is -0.123. The third-order valence-corrected chi connectivity index (χ3v) is 6.00. The largest absolute Gasteiger partial charge is 0.492 e. The standard InChI is InChI=1S/C22H24BrN3O3/c23-17-6-8-18(9-7-17)26-21(27)16-20(22(26)28)25-12-10-24(11-13-25)14-15-29-19-4-2-1-3-5-19/h1-9,20H,10-16H2/t20-/m1/s1. The first kappa shape index (κ1) is 20.1. The molecule has 0 N–H and O–H groups in total. The molecule has 2 fully saturated rings. The van der Waals surface area contributed by atoms with E-state index in [-0.39, 0.29) is 24.3 Å². The van der Waals surface area contributed by atoms with Gasteiger partial charge in [0.2, 0.25) is 5.91 Å². The van der Waals surface area contributed by atoms with Crippen LogP contribution in [0, 0.1) is 0 Å². The number of carbonyl (C=O) groups excluding carboxylic acids is 2. The van der Waals surface area contributed by atoms with Crippen molar-refractivity contribution in [3.63, 3.8) is 0 Å². The number of imide groups is 1. The van der Waals surface area contributed by atoms with Crippen LogP contribution in [0.1, 0.15) is 6.42 Å². The number of hydrogen-bond acceptors (Lipinski definition) is 5. The van der Waals surface area contributed by atoms with Crippen LogP contribution >= 0.6 is 15.9 Å². The van der Waals surface area contributed by atoms with Crippen molar-refractivity contribution in [3.8, 4) is 5.75 Å². The maximum absolute atomic E-state index is 12.9. The number of ether oxygens (including phenoxy) is 1. The monoisotopic (exact) mass is 457 g/mol. The maximum Gasteiger partial charge on any atom is 0.251 e. The fourth-order valence-electron chi connectivity index (χ4n) is 3.87. The Balaban J connectivity index is 1.28. The summed E-state index contributed by atoms with van der Waals surface area (Å²) in [5.74, 6) is 0.647. The van der Waals surface area contributed by atoms with Crippen molar-refractivity contribution < 1.29 is 14.3 Å². The maximum atomic E-state index is 12.9. The molecule has 0 bridgehead atoms. The van der Waals surface area contributed by atoms with Gasteiger partial charge in [0, 0.05) is 37.2 Å². The van der Waals surface area contributed by atoms with Crippen molar-refractivity contribution in [2.24, 2.45) is 0 Å². The molecule has 0 radical (unpaired) electrons. The van der Waals surface area contributed by atoms with Gasteiger partial charge in [-0.15, -0.1) is 0 Å². The zero-order valence-corrected chi connectivity index (χ0v) is 17.8. The summed E-state index contributed by atoms with van der Waals surface area (Å²) in [7, 11) is 0. The summed E-state index contributed by atoms with van der Waals surface area (Å²) in [5.41, 5.74) is 0.641. The van der Waals surface area contributed by atoms with Crippen LogP contribution in [0.5, 0.6) is 5.75 Å². The van der Waals surface area contributed by atoms with Crippen LogP contribution in [-0.2, 0) is 9.59 Å². The fourth-order valence-corrected chi connectivity index (χ4v) is 4.13. The highest BCUT2D eigenvalue weighted by Crippen LogP contribution is 2.27. The van der Waals surface area contributed by atoms with E-state index in [2.05, 4.69) is 25.7 Å². The molecule has 0 spiro atoms. The molecule has 0 unspecified atom stereocenters. The van der Waals surface area contributed by atoms with Gasteiger partial charge < -0.3 is 4.74 Å². The van der Waals surface area contributed by atoms with Gasteiger partial charge in [0.05, 0.1) is 18.2 Å². The SMILES string of the molecule is O=C1C[C@@H](N2CCN(CCOc3ccccc3)CC2)C(=O)N1c1ccc(Br)cc1. The first-order valence-electron chi connectivity index (χ1n) is 9.88. The molecular formula is C22H24BrN3O3. The number of benzene rings is 2. The fraction of sp³-hybridized carbons (Fsp3) is 0.364. The Hall–Kier alpha value is -2.22. The highest BCUT2D eigenvalue weighted by atomic mass is 79.9. The number of amides is 2. The molecule has 1 atom stereocenters. The van der Waals surface area contributed by atoms with Gasteiger partial charge in [0.25, 0.3) is 5.91 Å². The minimum Gasteiger partial charge on any atom is -0.492 e. The van der Waals surface area contributed by atoms with Crippen LogP contribution in [0.2, 0.25) is 0 Å². The van der Waals surface area contributed by atoms with Crippen molar-refractivity contribution in [2.45, 2.75) is 12.5 Å². The van der Waals surface area contributed by atoms with Gasteiger partial charge in [-0.25, -0.2) is 4.90 Å². The van der Waals surface area contributed by atoms with Crippen LogP contribution in [0.25, 0.3) is 0 Å². The number of nitrogens with zero attached hydrogens (tertiary/aromatic N) is 3. The summed E-state index contributed by atoms with van der Waals surface area (Å²) >= 11 is 3.39. The quantitative estimate of drug-likeness (QED) is 0.624. The average molecular weight is 458 g/mol. The molecule has 0 saturated carbocycles. The summed E-state index contributed by atoms with van der Waals surface area (Å²) in [5, 5.41) is 0. The first-order valence-corrected chi connectivity index (χ1v) is 10.7. The van der Waals surface area contributed by atoms with Crippen molar-refractivity contribution in [1.82, 2.24) is 9.80 Å². The van der Waals surface area contributed by atoms with E-state index < -0.39 is 0 Å². The molecule has 2 aromatic carbocycles. The Morgan fingerprint density at radius 1 is 0.931 bits per heavy atom. The normalized spacial score (nSPS) is 21.0. The summed E-state index contributed by atoms with van der Waals surface area (Å²) in [4.78, 5) is 31.2. The lowest BCUT2D eigenvalue weighted by Crippen LogP contribution is -2.53. The third kappa shape index (κ3) is 4.69. The molecular weight excluding hydrogens is 434 g/mol. The Kier molecular flexibility index (Phi) is 6.28. The van der Waals surface area contributed by atoms with Gasteiger partial charge in [-0.2, -0.15) is 0 Å². The van der Waals surface area contributed by atoms with E-state index in [1.54, 1.807) is 12.1 Å². The van der Waals surface area contributed by atoms with Crippen molar-refractivity contribution in [3.05, 3.63) is 59.1 Å². The van der Waals surface area contributed by atoms with Crippen LogP contribution < -0.4 is 9.64 Å². The van der Waals surface area contributed by atoms with Crippen LogP contribution in [0.3, 0.4) is 0 Å². The van der Waals surface area contributed by atoms with E-state index in [1.807, 2.05) is 42.5 Å². The highest BCUT2D eigenvalue weighted by molar-refractivity contribution is 9.10. The molecule has 2 heterocycles. The second kappa shape index (κ2) is 9.07. The lowest BCUT2D eigenvalue weighted by atomic mass is 10.1. The highest BCUT2D eigenvalue weighted by Gasteiger charge is 2.43. The van der Waals surface area contributed by atoms with Gasteiger partial charge in [-0.1, -0.05) is 34.1 Å². The number of para-hydroxylation sites is 1. The van der Waals surface area contributed by atoms with Crippen LogP contribution in [0.15, 0.2) is 59.1 Å². The summed E-state index contributed by atoms with van der Waals surface area (Å²) in [6.07, 6.45) is 0.256. The van der Waals surface area contributed by atoms with Gasteiger partial charge in [0.15, 0.2) is 0 Å². The average Bonchev–Trinajstić information content (AvgIpc) is 3.04. The molecule has 0 aromatic heterocycles. The second-order valence-corrected chi connectivity index (χ2v) is 8.22. The molecule has 29 heavy (non-hydrogen) atoms. The van der Waals surface area contributed by atoms with E-state index in [9.17, 15) is 9.59 Å². The summed E-state index contributed by atoms with van der Waals surface area (Å²) in [6.45, 7) is 4.79. The van der Waals surface area contributed by atoms with Gasteiger partial charge in [0.1, 0.15) is 12.4 Å². The predicted molar refractivity (Wildman–Crippen MR) is 115 cm³/mol. The molecule has 2 aromatic rings. The van der Waals surface area contributed by atoms with Gasteiger partial charge in [-0.3, -0.25) is 19.4 Å². The number of rotatable bonds is 6. The van der Waals surface area contributed by atoms with Crippen LogP contribution in [-0.4, -0.2) is 67.0 Å². The Bertz CT molecular complexity index is 851. The molecule has 2 aliphatic heterocycles. The Morgan fingerprint density at radius 2 is 1.62 bits per heavy atom. The number of hydrogen-bond donors (Lipinski definition) is 0. The lowest BCUT2D eigenvalue weighted by Gasteiger charge is -2.36. The smallest absolute Gasteiger partial charge is 0.251 e. The van der Waals surface area contributed by atoms with Crippen LogP contribution in [0.4, 0.5) is 5.69 Å². The van der Waals surface area contributed by atoms with Crippen molar-refractivity contribution in [1.29, 1.82) is 0 Å². The molecule has 152 valence electrons. The molecule has 2 amide bonds. The molecule has 2 saturated heterocycles.